The van der Waals surface area contributed by atoms with Crippen LogP contribution in [0.5, 0.6) is 5.75 Å². The molecule has 0 aromatic heterocycles. The first-order chi connectivity index (χ1) is 7.79. The van der Waals surface area contributed by atoms with Crippen LogP contribution in [0.2, 0.25) is 5.02 Å². The average molecular weight is 258 g/mol. The van der Waals surface area contributed by atoms with E-state index in [2.05, 4.69) is 5.32 Å². The van der Waals surface area contributed by atoms with Crippen LogP contribution >= 0.6 is 11.6 Å². The summed E-state index contributed by atoms with van der Waals surface area (Å²) in [5.74, 6) is -0.00449. The number of halogens is 1. The maximum absolute atomic E-state index is 11.4. The van der Waals surface area contributed by atoms with Crippen LogP contribution in [0.3, 0.4) is 0 Å². The Bertz CT molecular complexity index is 413. The van der Waals surface area contributed by atoms with Crippen molar-refractivity contribution >= 4 is 17.7 Å². The molecule has 0 fully saturated rings. The second kappa shape index (κ2) is 5.27. The Morgan fingerprint density at radius 2 is 2.12 bits per heavy atom. The molecule has 0 aliphatic carbocycles. The van der Waals surface area contributed by atoms with Crippen molar-refractivity contribution in [3.8, 4) is 5.75 Å². The first kappa shape index (κ1) is 13.6. The Morgan fingerprint density at radius 3 is 2.71 bits per heavy atom. The van der Waals surface area contributed by atoms with Crippen molar-refractivity contribution in [3.63, 3.8) is 0 Å². The fourth-order valence-electron chi connectivity index (χ4n) is 1.18. The predicted molar refractivity (Wildman–Crippen MR) is 66.2 cm³/mol. The Hall–Kier alpha value is -1.42. The number of benzene rings is 1. The van der Waals surface area contributed by atoms with Gasteiger partial charge in [-0.25, -0.2) is 4.79 Å². The van der Waals surface area contributed by atoms with Crippen molar-refractivity contribution < 1.29 is 14.6 Å². The predicted octanol–water partition coefficient (Wildman–Crippen LogP) is 3.07. The van der Waals surface area contributed by atoms with E-state index >= 15 is 0 Å². The summed E-state index contributed by atoms with van der Waals surface area (Å²) in [7, 11) is 0. The maximum atomic E-state index is 11.4. The molecule has 0 heterocycles. The molecule has 0 radical (unpaired) electrons. The van der Waals surface area contributed by atoms with Crippen LogP contribution < -0.4 is 5.32 Å². The van der Waals surface area contributed by atoms with Crippen LogP contribution in [-0.2, 0) is 11.3 Å². The summed E-state index contributed by atoms with van der Waals surface area (Å²) in [5.41, 5.74) is 0.102. The van der Waals surface area contributed by atoms with Crippen LogP contribution in [0.15, 0.2) is 18.2 Å². The number of amides is 1. The van der Waals surface area contributed by atoms with Crippen LogP contribution in [0.25, 0.3) is 0 Å². The van der Waals surface area contributed by atoms with Gasteiger partial charge < -0.3 is 15.2 Å². The minimum absolute atomic E-state index is 0.00449. The molecule has 1 rings (SSSR count). The van der Waals surface area contributed by atoms with Gasteiger partial charge in [0.05, 0.1) is 5.02 Å². The highest BCUT2D eigenvalue weighted by atomic mass is 35.5. The highest BCUT2D eigenvalue weighted by Gasteiger charge is 2.16. The lowest BCUT2D eigenvalue weighted by molar-refractivity contribution is 0.0523. The van der Waals surface area contributed by atoms with Gasteiger partial charge in [0, 0.05) is 6.54 Å². The molecule has 4 nitrogen and oxygen atoms in total. The number of ether oxygens (including phenoxy) is 1. The second-order valence-electron chi connectivity index (χ2n) is 4.61. The number of nitrogens with one attached hydrogen (secondary N) is 1. The zero-order chi connectivity index (χ0) is 13.1. The minimum Gasteiger partial charge on any atom is -0.506 e. The van der Waals surface area contributed by atoms with Crippen molar-refractivity contribution in [2.75, 3.05) is 0 Å². The third kappa shape index (κ3) is 4.53. The molecule has 5 heteroatoms. The van der Waals surface area contributed by atoms with Gasteiger partial charge in [-0.1, -0.05) is 23.7 Å². The Labute approximate surface area is 106 Å². The van der Waals surface area contributed by atoms with E-state index in [4.69, 9.17) is 16.3 Å². The molecule has 1 aromatic carbocycles. The molecule has 17 heavy (non-hydrogen) atoms. The molecule has 0 unspecified atom stereocenters. The number of aromatic hydroxyl groups is 1. The van der Waals surface area contributed by atoms with Crippen molar-refractivity contribution in [3.05, 3.63) is 28.8 Å². The van der Waals surface area contributed by atoms with Gasteiger partial charge in [0.2, 0.25) is 0 Å². The molecule has 0 saturated heterocycles. The smallest absolute Gasteiger partial charge is 0.407 e. The summed E-state index contributed by atoms with van der Waals surface area (Å²) >= 11 is 5.87. The van der Waals surface area contributed by atoms with Crippen molar-refractivity contribution in [1.82, 2.24) is 5.32 Å². The number of phenolic OH excluding ortho intramolecular Hbond substituents is 1. The van der Waals surface area contributed by atoms with E-state index in [0.717, 1.165) is 0 Å². The van der Waals surface area contributed by atoms with Gasteiger partial charge in [0.15, 0.2) is 0 Å². The summed E-state index contributed by atoms with van der Waals surface area (Å²) in [4.78, 5) is 11.4. The van der Waals surface area contributed by atoms with E-state index in [-0.39, 0.29) is 17.3 Å². The number of phenols is 1. The van der Waals surface area contributed by atoms with Gasteiger partial charge in [-0.2, -0.15) is 0 Å². The lowest BCUT2D eigenvalue weighted by Crippen LogP contribution is -2.32. The maximum Gasteiger partial charge on any atom is 0.407 e. The van der Waals surface area contributed by atoms with Gasteiger partial charge in [0.25, 0.3) is 0 Å². The zero-order valence-electron chi connectivity index (χ0n) is 10.1. The molecular formula is C12H16ClNO3. The first-order valence-electron chi connectivity index (χ1n) is 5.23. The van der Waals surface area contributed by atoms with Crippen molar-refractivity contribution in [1.29, 1.82) is 0 Å². The number of carbonyl (C=O) groups excluding carboxylic acids is 1. The van der Waals surface area contributed by atoms with Crippen LogP contribution in [0, 0.1) is 0 Å². The first-order valence-corrected chi connectivity index (χ1v) is 5.60. The summed E-state index contributed by atoms with van der Waals surface area (Å²) < 4.78 is 5.07. The summed E-state index contributed by atoms with van der Waals surface area (Å²) in [6.07, 6.45) is -0.517. The number of carbonyl (C=O) groups is 1. The van der Waals surface area contributed by atoms with Crippen molar-refractivity contribution in [2.45, 2.75) is 32.9 Å². The van der Waals surface area contributed by atoms with E-state index in [1.807, 2.05) is 0 Å². The van der Waals surface area contributed by atoms with E-state index in [1.165, 1.54) is 6.07 Å². The molecule has 0 spiro atoms. The van der Waals surface area contributed by atoms with Crippen LogP contribution in [0.1, 0.15) is 26.3 Å². The molecule has 1 aromatic rings. The summed E-state index contributed by atoms with van der Waals surface area (Å²) in [6, 6.07) is 4.87. The molecule has 0 saturated carbocycles. The Balaban J connectivity index is 2.56. The second-order valence-corrected chi connectivity index (χ2v) is 4.98. The van der Waals surface area contributed by atoms with Gasteiger partial charge in [0.1, 0.15) is 11.4 Å². The highest BCUT2D eigenvalue weighted by molar-refractivity contribution is 6.32. The van der Waals surface area contributed by atoms with Gasteiger partial charge in [-0.3, -0.25) is 0 Å². The van der Waals surface area contributed by atoms with Crippen LogP contribution in [-0.4, -0.2) is 16.8 Å². The molecule has 0 atom stereocenters. The molecular weight excluding hydrogens is 242 g/mol. The summed E-state index contributed by atoms with van der Waals surface area (Å²) in [5, 5.41) is 12.2. The fourth-order valence-corrected chi connectivity index (χ4v) is 1.38. The molecule has 94 valence electrons. The number of hydrogen-bond donors (Lipinski definition) is 2. The van der Waals surface area contributed by atoms with E-state index < -0.39 is 11.7 Å². The van der Waals surface area contributed by atoms with Crippen molar-refractivity contribution in [2.24, 2.45) is 0 Å². The van der Waals surface area contributed by atoms with E-state index in [1.54, 1.807) is 32.9 Å². The normalized spacial score (nSPS) is 11.1. The zero-order valence-corrected chi connectivity index (χ0v) is 10.8. The lowest BCUT2D eigenvalue weighted by atomic mass is 10.2. The van der Waals surface area contributed by atoms with Gasteiger partial charge >= 0.3 is 6.09 Å². The standard InChI is InChI=1S/C12H16ClNO3/c1-12(2,3)17-11(16)14-7-8-5-4-6-9(15)10(8)13/h4-6,15H,7H2,1-3H3,(H,14,16). The summed E-state index contributed by atoms with van der Waals surface area (Å²) in [6.45, 7) is 5.57. The minimum atomic E-state index is -0.535. The number of alkyl carbamates (subject to hydrolysis) is 1. The monoisotopic (exact) mass is 257 g/mol. The quantitative estimate of drug-likeness (QED) is 0.856. The third-order valence-electron chi connectivity index (χ3n) is 1.88. The lowest BCUT2D eigenvalue weighted by Gasteiger charge is -2.19. The third-order valence-corrected chi connectivity index (χ3v) is 2.32. The van der Waals surface area contributed by atoms with E-state index in [0.29, 0.717) is 5.56 Å². The van der Waals surface area contributed by atoms with Crippen LogP contribution in [0.4, 0.5) is 4.79 Å². The highest BCUT2D eigenvalue weighted by Crippen LogP contribution is 2.26. The average Bonchev–Trinajstić information content (AvgIpc) is 2.18. The molecule has 0 aliphatic heterocycles. The van der Waals surface area contributed by atoms with Gasteiger partial charge in [-0.05, 0) is 32.4 Å². The molecule has 0 aliphatic rings. The number of rotatable bonds is 2. The topological polar surface area (TPSA) is 58.6 Å². The Morgan fingerprint density at radius 1 is 1.47 bits per heavy atom. The molecule has 2 N–H and O–H groups in total. The molecule has 0 bridgehead atoms. The largest absolute Gasteiger partial charge is 0.506 e. The Kier molecular flexibility index (Phi) is 4.23. The molecule has 1 amide bonds. The fraction of sp³-hybridized carbons (Fsp3) is 0.417. The SMILES string of the molecule is CC(C)(C)OC(=O)NCc1cccc(O)c1Cl. The van der Waals surface area contributed by atoms with Gasteiger partial charge in [-0.15, -0.1) is 0 Å². The number of hydrogen-bond acceptors (Lipinski definition) is 3. The van der Waals surface area contributed by atoms with E-state index in [9.17, 15) is 9.90 Å².